The summed E-state index contributed by atoms with van der Waals surface area (Å²) in [4.78, 5) is 4.01. The van der Waals surface area contributed by atoms with Crippen molar-refractivity contribution in [2.75, 3.05) is 18.5 Å². The van der Waals surface area contributed by atoms with Gasteiger partial charge in [-0.3, -0.25) is 0 Å². The van der Waals surface area contributed by atoms with Crippen molar-refractivity contribution in [3.05, 3.63) is 22.3 Å². The Labute approximate surface area is 119 Å². The molecule has 0 spiro atoms. The van der Waals surface area contributed by atoms with E-state index < -0.39 is 24.4 Å². The molecule has 0 amide bonds. The molecule has 4 atom stereocenters. The van der Waals surface area contributed by atoms with Crippen LogP contribution in [0.4, 0.5) is 5.82 Å². The number of hydrogen-bond donors (Lipinski definition) is 4. The third kappa shape index (κ3) is 3.28. The van der Waals surface area contributed by atoms with Gasteiger partial charge in [0.1, 0.15) is 24.1 Å². The van der Waals surface area contributed by atoms with Gasteiger partial charge in [0.15, 0.2) is 0 Å². The molecule has 2 rings (SSSR count). The predicted octanol–water partition coefficient (Wildman–Crippen LogP) is 0.282. The van der Waals surface area contributed by atoms with Crippen molar-refractivity contribution in [1.82, 2.24) is 4.98 Å². The summed E-state index contributed by atoms with van der Waals surface area (Å²) in [7, 11) is 0. The number of aliphatic hydroxyl groups excluding tert-OH is 3. The topological polar surface area (TPSA) is 94.8 Å². The van der Waals surface area contributed by atoms with Crippen LogP contribution in [0.1, 0.15) is 0 Å². The van der Waals surface area contributed by atoms with Crippen molar-refractivity contribution >= 4 is 29.0 Å². The molecular weight excluding hydrogens is 295 g/mol. The molecule has 8 heteroatoms. The minimum absolute atomic E-state index is 0.130. The van der Waals surface area contributed by atoms with Gasteiger partial charge in [0.2, 0.25) is 0 Å². The SMILES string of the molecule is OC[C@H]1OC[C@H](Nc2cc(Cl)c(Cl)cn2)[C@@H](O)[C@H]1O. The molecule has 6 nitrogen and oxygen atoms in total. The molecule has 106 valence electrons. The summed E-state index contributed by atoms with van der Waals surface area (Å²) in [5.41, 5.74) is 0. The van der Waals surface area contributed by atoms with E-state index in [2.05, 4.69) is 10.3 Å². The lowest BCUT2D eigenvalue weighted by Crippen LogP contribution is -2.56. The average Bonchev–Trinajstić information content (AvgIpc) is 2.40. The summed E-state index contributed by atoms with van der Waals surface area (Å²) in [6.45, 7) is -0.221. The number of ether oxygens (including phenoxy) is 1. The van der Waals surface area contributed by atoms with Crippen LogP contribution in [0.5, 0.6) is 0 Å². The quantitative estimate of drug-likeness (QED) is 0.641. The zero-order valence-corrected chi connectivity index (χ0v) is 11.3. The van der Waals surface area contributed by atoms with Crippen LogP contribution in [0.2, 0.25) is 10.0 Å². The van der Waals surface area contributed by atoms with E-state index in [-0.39, 0.29) is 13.2 Å². The van der Waals surface area contributed by atoms with Crippen LogP contribution in [0, 0.1) is 0 Å². The summed E-state index contributed by atoms with van der Waals surface area (Å²) < 4.78 is 5.24. The van der Waals surface area contributed by atoms with Crippen molar-refractivity contribution in [1.29, 1.82) is 0 Å². The molecule has 1 aromatic heterocycles. The van der Waals surface area contributed by atoms with Crippen molar-refractivity contribution in [3.63, 3.8) is 0 Å². The molecule has 4 N–H and O–H groups in total. The number of nitrogens with one attached hydrogen (secondary N) is 1. The highest BCUT2D eigenvalue weighted by Gasteiger charge is 2.38. The van der Waals surface area contributed by atoms with Crippen LogP contribution in [-0.4, -0.2) is 57.9 Å². The van der Waals surface area contributed by atoms with Crippen molar-refractivity contribution < 1.29 is 20.1 Å². The second kappa shape index (κ2) is 6.21. The van der Waals surface area contributed by atoms with Gasteiger partial charge in [-0.15, -0.1) is 0 Å². The molecule has 0 saturated carbocycles. The molecule has 1 aliphatic heterocycles. The maximum Gasteiger partial charge on any atom is 0.127 e. The molecule has 1 aliphatic rings. The summed E-state index contributed by atoms with van der Waals surface area (Å²) >= 11 is 11.6. The Balaban J connectivity index is 2.05. The minimum atomic E-state index is -1.17. The van der Waals surface area contributed by atoms with Crippen molar-refractivity contribution in [2.45, 2.75) is 24.4 Å². The van der Waals surface area contributed by atoms with E-state index in [9.17, 15) is 10.2 Å². The zero-order chi connectivity index (χ0) is 14.0. The molecule has 0 radical (unpaired) electrons. The van der Waals surface area contributed by atoms with E-state index in [1.54, 1.807) is 0 Å². The van der Waals surface area contributed by atoms with Crippen LogP contribution in [0.15, 0.2) is 12.3 Å². The monoisotopic (exact) mass is 308 g/mol. The summed E-state index contributed by atoms with van der Waals surface area (Å²) in [6.07, 6.45) is -1.65. The summed E-state index contributed by atoms with van der Waals surface area (Å²) in [5.74, 6) is 0.414. The lowest BCUT2D eigenvalue weighted by atomic mass is 9.98. The predicted molar refractivity (Wildman–Crippen MR) is 70.5 cm³/mol. The maximum absolute atomic E-state index is 9.93. The molecule has 0 aliphatic carbocycles. The Bertz CT molecular complexity index is 449. The molecule has 0 unspecified atom stereocenters. The fraction of sp³-hybridized carbons (Fsp3) is 0.545. The van der Waals surface area contributed by atoms with Gasteiger partial charge >= 0.3 is 0 Å². The second-order valence-electron chi connectivity index (χ2n) is 4.27. The Hall–Kier alpha value is -0.630. The lowest BCUT2D eigenvalue weighted by molar-refractivity contribution is -0.152. The third-order valence-electron chi connectivity index (χ3n) is 2.95. The molecule has 1 fully saturated rings. The molecule has 19 heavy (non-hydrogen) atoms. The molecular formula is C11H14Cl2N2O4. The lowest BCUT2D eigenvalue weighted by Gasteiger charge is -2.37. The standard InChI is InChI=1S/C11H14Cl2N2O4/c12-5-1-9(14-2-6(5)13)15-7-4-19-8(3-16)11(18)10(7)17/h1-2,7-8,10-11,16-18H,3-4H2,(H,14,15)/t7-,8+,10+,11-/m0/s1. The number of nitrogens with zero attached hydrogens (tertiary/aromatic N) is 1. The molecule has 0 bridgehead atoms. The second-order valence-corrected chi connectivity index (χ2v) is 5.08. The first-order valence-electron chi connectivity index (χ1n) is 5.69. The molecule has 0 aromatic carbocycles. The van der Waals surface area contributed by atoms with Gasteiger partial charge < -0.3 is 25.4 Å². The maximum atomic E-state index is 9.93. The average molecular weight is 309 g/mol. The zero-order valence-electron chi connectivity index (χ0n) is 9.83. The highest BCUT2D eigenvalue weighted by Crippen LogP contribution is 2.24. The van der Waals surface area contributed by atoms with Gasteiger partial charge in [0, 0.05) is 12.3 Å². The van der Waals surface area contributed by atoms with Crippen molar-refractivity contribution in [3.8, 4) is 0 Å². The van der Waals surface area contributed by atoms with E-state index in [0.29, 0.717) is 15.9 Å². The Morgan fingerprint density at radius 3 is 2.68 bits per heavy atom. The van der Waals surface area contributed by atoms with Gasteiger partial charge in [0.05, 0.1) is 29.3 Å². The first kappa shape index (κ1) is 14.8. The number of halogens is 2. The Morgan fingerprint density at radius 2 is 2.05 bits per heavy atom. The van der Waals surface area contributed by atoms with E-state index in [0.717, 1.165) is 0 Å². The fourth-order valence-electron chi connectivity index (χ4n) is 1.85. The van der Waals surface area contributed by atoms with E-state index in [4.69, 9.17) is 33.0 Å². The van der Waals surface area contributed by atoms with Crippen LogP contribution in [-0.2, 0) is 4.74 Å². The van der Waals surface area contributed by atoms with Gasteiger partial charge in [-0.25, -0.2) is 4.98 Å². The van der Waals surface area contributed by atoms with E-state index >= 15 is 0 Å². The van der Waals surface area contributed by atoms with Crippen LogP contribution >= 0.6 is 23.2 Å². The molecule has 2 heterocycles. The largest absolute Gasteiger partial charge is 0.394 e. The summed E-state index contributed by atoms with van der Waals surface area (Å²) in [5, 5.41) is 32.2. The minimum Gasteiger partial charge on any atom is -0.394 e. The van der Waals surface area contributed by atoms with Gasteiger partial charge in [-0.2, -0.15) is 0 Å². The Morgan fingerprint density at radius 1 is 1.32 bits per heavy atom. The third-order valence-corrected chi connectivity index (χ3v) is 3.67. The van der Waals surface area contributed by atoms with Crippen LogP contribution in [0.25, 0.3) is 0 Å². The van der Waals surface area contributed by atoms with Crippen molar-refractivity contribution in [2.24, 2.45) is 0 Å². The fourth-order valence-corrected chi connectivity index (χ4v) is 2.11. The highest BCUT2D eigenvalue weighted by molar-refractivity contribution is 6.42. The van der Waals surface area contributed by atoms with Gasteiger partial charge in [-0.05, 0) is 0 Å². The van der Waals surface area contributed by atoms with E-state index in [1.807, 2.05) is 0 Å². The number of aromatic nitrogens is 1. The number of pyridine rings is 1. The first-order chi connectivity index (χ1) is 9.02. The van der Waals surface area contributed by atoms with Crippen LogP contribution in [0.3, 0.4) is 0 Å². The van der Waals surface area contributed by atoms with Gasteiger partial charge in [0.25, 0.3) is 0 Å². The number of aliphatic hydroxyl groups is 3. The van der Waals surface area contributed by atoms with Crippen LogP contribution < -0.4 is 5.32 Å². The van der Waals surface area contributed by atoms with Gasteiger partial charge in [-0.1, -0.05) is 23.2 Å². The number of anilines is 1. The smallest absolute Gasteiger partial charge is 0.127 e. The number of rotatable bonds is 3. The normalized spacial score (nSPS) is 31.2. The molecule has 1 saturated heterocycles. The molecule has 1 aromatic rings. The first-order valence-corrected chi connectivity index (χ1v) is 6.44. The Kier molecular flexibility index (Phi) is 4.83. The summed E-state index contributed by atoms with van der Waals surface area (Å²) in [6, 6.07) is 0.962. The number of hydrogen-bond acceptors (Lipinski definition) is 6. The van der Waals surface area contributed by atoms with E-state index in [1.165, 1.54) is 12.3 Å². The highest BCUT2D eigenvalue weighted by atomic mass is 35.5.